The molecule has 1 aromatic heterocycles. The summed E-state index contributed by atoms with van der Waals surface area (Å²) in [5.74, 6) is 0.786. The Labute approximate surface area is 128 Å². The molecule has 5 heteroatoms. The van der Waals surface area contributed by atoms with Crippen molar-refractivity contribution in [2.75, 3.05) is 5.88 Å². The van der Waals surface area contributed by atoms with E-state index >= 15 is 0 Å². The number of rotatable bonds is 6. The lowest BCUT2D eigenvalue weighted by molar-refractivity contribution is 0.655. The molecule has 1 heterocycles. The molecule has 0 atom stereocenters. The Hall–Kier alpha value is -1.85. The molecule has 0 spiro atoms. The predicted molar refractivity (Wildman–Crippen MR) is 92.8 cm³/mol. The molecule has 110 valence electrons. The average molecular weight is 301 g/mol. The number of H-pyrrole nitrogens is 1. The second-order valence-corrected chi connectivity index (χ2v) is 5.78. The number of aliphatic imine (C=N–C) groups is 1. The zero-order valence-electron chi connectivity index (χ0n) is 12.2. The molecule has 0 fully saturated rings. The smallest absolute Gasteiger partial charge is 0.190 e. The van der Waals surface area contributed by atoms with Gasteiger partial charge in [0, 0.05) is 28.9 Å². The van der Waals surface area contributed by atoms with Crippen molar-refractivity contribution >= 4 is 35.1 Å². The summed E-state index contributed by atoms with van der Waals surface area (Å²) in [6.07, 6.45) is 0. The summed E-state index contributed by atoms with van der Waals surface area (Å²) in [7, 11) is 0. The van der Waals surface area contributed by atoms with E-state index in [1.165, 1.54) is 0 Å². The molecule has 2 N–H and O–H groups in total. The highest BCUT2D eigenvalue weighted by Gasteiger charge is 2.05. The van der Waals surface area contributed by atoms with Crippen LogP contribution in [0.25, 0.3) is 16.6 Å². The van der Waals surface area contributed by atoms with E-state index < -0.39 is 0 Å². The van der Waals surface area contributed by atoms with E-state index in [2.05, 4.69) is 35.9 Å². The monoisotopic (exact) mass is 301 g/mol. The Balaban J connectivity index is 2.28. The van der Waals surface area contributed by atoms with E-state index in [1.54, 1.807) is 17.8 Å². The highest BCUT2D eigenvalue weighted by atomic mass is 32.2. The van der Waals surface area contributed by atoms with Crippen molar-refractivity contribution in [3.05, 3.63) is 51.7 Å². The number of pyridine rings is 1. The number of fused-ring (bicyclic) bond motifs is 1. The van der Waals surface area contributed by atoms with Crippen molar-refractivity contribution in [2.24, 2.45) is 4.99 Å². The van der Waals surface area contributed by atoms with E-state index in [0.717, 1.165) is 11.4 Å². The standard InChI is InChI=1S/C16H19N3OS/c1-11(2)18-10-21-9-15(17-3)14-8-16(20)12-6-4-5-7-13(12)19-14/h4-9,11,18H,3,10H2,1-2H3,(H,19,20)/b15-9-. The Morgan fingerprint density at radius 3 is 2.95 bits per heavy atom. The largest absolute Gasteiger partial charge is 0.353 e. The number of hydrogen-bond acceptors (Lipinski definition) is 4. The normalized spacial score (nSPS) is 12.0. The van der Waals surface area contributed by atoms with Gasteiger partial charge in [0.15, 0.2) is 5.43 Å². The molecule has 0 bridgehead atoms. The second-order valence-electron chi connectivity index (χ2n) is 4.92. The third-order valence-electron chi connectivity index (χ3n) is 2.95. The first-order chi connectivity index (χ1) is 10.1. The number of benzene rings is 1. The molecule has 0 aliphatic heterocycles. The SMILES string of the molecule is C=N/C(=C\SCNC(C)C)c1cc(=O)c2ccccc2[nH]1. The van der Waals surface area contributed by atoms with Crippen LogP contribution < -0.4 is 10.7 Å². The lowest BCUT2D eigenvalue weighted by Gasteiger charge is -2.07. The maximum absolute atomic E-state index is 12.1. The summed E-state index contributed by atoms with van der Waals surface area (Å²) in [5, 5.41) is 5.89. The minimum Gasteiger partial charge on any atom is -0.353 e. The van der Waals surface area contributed by atoms with Crippen LogP contribution in [0.1, 0.15) is 19.5 Å². The van der Waals surface area contributed by atoms with Crippen LogP contribution in [0.3, 0.4) is 0 Å². The van der Waals surface area contributed by atoms with Gasteiger partial charge in [-0.3, -0.25) is 9.79 Å². The molecule has 0 aliphatic carbocycles. The Morgan fingerprint density at radius 1 is 1.48 bits per heavy atom. The first-order valence-electron chi connectivity index (χ1n) is 6.76. The quantitative estimate of drug-likeness (QED) is 0.489. The van der Waals surface area contributed by atoms with Gasteiger partial charge >= 0.3 is 0 Å². The van der Waals surface area contributed by atoms with Gasteiger partial charge in [0.25, 0.3) is 0 Å². The van der Waals surface area contributed by atoms with Gasteiger partial charge in [-0.15, -0.1) is 11.8 Å². The maximum atomic E-state index is 12.1. The fourth-order valence-corrected chi connectivity index (χ4v) is 2.73. The van der Waals surface area contributed by atoms with E-state index in [-0.39, 0.29) is 5.43 Å². The Kier molecular flexibility index (Phi) is 5.36. The van der Waals surface area contributed by atoms with Gasteiger partial charge in [-0.1, -0.05) is 26.0 Å². The molecular weight excluding hydrogens is 282 g/mol. The van der Waals surface area contributed by atoms with E-state index in [9.17, 15) is 4.79 Å². The van der Waals surface area contributed by atoms with Crippen LogP contribution in [0, 0.1) is 0 Å². The molecule has 1 aromatic carbocycles. The van der Waals surface area contributed by atoms with Crippen LogP contribution in [-0.4, -0.2) is 23.6 Å². The number of aromatic amines is 1. The van der Waals surface area contributed by atoms with Gasteiger partial charge in [0.1, 0.15) is 0 Å². The third-order valence-corrected chi connectivity index (χ3v) is 3.68. The Bertz CT molecular complexity index is 719. The zero-order valence-corrected chi connectivity index (χ0v) is 13.0. The van der Waals surface area contributed by atoms with Crippen molar-refractivity contribution in [3.63, 3.8) is 0 Å². The van der Waals surface area contributed by atoms with Gasteiger partial charge in [-0.2, -0.15) is 0 Å². The van der Waals surface area contributed by atoms with Crippen LogP contribution in [0.4, 0.5) is 0 Å². The van der Waals surface area contributed by atoms with Crippen molar-refractivity contribution < 1.29 is 0 Å². The van der Waals surface area contributed by atoms with Gasteiger partial charge in [-0.25, -0.2) is 0 Å². The summed E-state index contributed by atoms with van der Waals surface area (Å²) in [5.41, 5.74) is 2.15. The number of aromatic nitrogens is 1. The molecule has 0 aliphatic rings. The fraction of sp³-hybridized carbons (Fsp3) is 0.250. The summed E-state index contributed by atoms with van der Waals surface area (Å²) in [6.45, 7) is 7.78. The minimum atomic E-state index is -0.0146. The third kappa shape index (κ3) is 4.06. The molecule has 0 radical (unpaired) electrons. The highest BCUT2D eigenvalue weighted by molar-refractivity contribution is 8.02. The molecule has 0 saturated heterocycles. The summed E-state index contributed by atoms with van der Waals surface area (Å²) < 4.78 is 0. The molecule has 4 nitrogen and oxygen atoms in total. The average Bonchev–Trinajstić information content (AvgIpc) is 2.47. The number of para-hydroxylation sites is 1. The lowest BCUT2D eigenvalue weighted by atomic mass is 10.2. The lowest BCUT2D eigenvalue weighted by Crippen LogP contribution is -2.21. The summed E-state index contributed by atoms with van der Waals surface area (Å²) in [6, 6.07) is 9.45. The van der Waals surface area contributed by atoms with Crippen LogP contribution >= 0.6 is 11.8 Å². The fourth-order valence-electron chi connectivity index (χ4n) is 1.86. The van der Waals surface area contributed by atoms with Crippen molar-refractivity contribution in [2.45, 2.75) is 19.9 Å². The van der Waals surface area contributed by atoms with Crippen LogP contribution in [0.2, 0.25) is 0 Å². The zero-order chi connectivity index (χ0) is 15.2. The molecular formula is C16H19N3OS. The second kappa shape index (κ2) is 7.24. The first kappa shape index (κ1) is 15.5. The molecule has 0 saturated carbocycles. The molecule has 2 rings (SSSR count). The van der Waals surface area contributed by atoms with Crippen molar-refractivity contribution in [1.82, 2.24) is 10.3 Å². The highest BCUT2D eigenvalue weighted by Crippen LogP contribution is 2.18. The van der Waals surface area contributed by atoms with Gasteiger partial charge in [0.2, 0.25) is 0 Å². The summed E-state index contributed by atoms with van der Waals surface area (Å²) >= 11 is 1.59. The number of hydrogen-bond donors (Lipinski definition) is 2. The van der Waals surface area contributed by atoms with Crippen LogP contribution in [0.15, 0.2) is 45.5 Å². The van der Waals surface area contributed by atoms with Gasteiger partial charge in [0.05, 0.1) is 11.4 Å². The number of nitrogens with one attached hydrogen (secondary N) is 2. The van der Waals surface area contributed by atoms with Crippen molar-refractivity contribution in [3.8, 4) is 0 Å². The molecule has 21 heavy (non-hydrogen) atoms. The van der Waals surface area contributed by atoms with E-state index in [1.807, 2.05) is 29.7 Å². The van der Waals surface area contributed by atoms with Gasteiger partial charge in [-0.05, 0) is 24.3 Å². The van der Waals surface area contributed by atoms with E-state index in [0.29, 0.717) is 22.8 Å². The van der Waals surface area contributed by atoms with E-state index in [4.69, 9.17) is 0 Å². The van der Waals surface area contributed by atoms with Crippen LogP contribution in [0.5, 0.6) is 0 Å². The number of nitrogens with zero attached hydrogens (tertiary/aromatic N) is 1. The number of thioether (sulfide) groups is 1. The van der Waals surface area contributed by atoms with Gasteiger partial charge < -0.3 is 10.3 Å². The van der Waals surface area contributed by atoms with Crippen molar-refractivity contribution in [1.29, 1.82) is 0 Å². The predicted octanol–water partition coefficient (Wildman–Crippen LogP) is 3.22. The summed E-state index contributed by atoms with van der Waals surface area (Å²) in [4.78, 5) is 19.4. The molecule has 0 amide bonds. The maximum Gasteiger partial charge on any atom is 0.190 e. The molecule has 2 aromatic rings. The molecule has 0 unspecified atom stereocenters. The first-order valence-corrected chi connectivity index (χ1v) is 7.81. The Morgan fingerprint density at radius 2 is 2.24 bits per heavy atom. The van der Waals surface area contributed by atoms with Crippen LogP contribution in [-0.2, 0) is 0 Å². The minimum absolute atomic E-state index is 0.0146. The topological polar surface area (TPSA) is 57.2 Å².